The third-order valence-corrected chi connectivity index (χ3v) is 3.20. The monoisotopic (exact) mass is 293 g/mol. The van der Waals surface area contributed by atoms with Crippen molar-refractivity contribution in [2.45, 2.75) is 33.0 Å². The number of hydrogen-bond acceptors (Lipinski definition) is 4. The second kappa shape index (κ2) is 9.13. The van der Waals surface area contributed by atoms with Gasteiger partial charge in [-0.15, -0.1) is 0 Å². The van der Waals surface area contributed by atoms with Crippen molar-refractivity contribution in [3.05, 3.63) is 35.9 Å². The second-order valence-corrected chi connectivity index (χ2v) is 4.68. The third kappa shape index (κ3) is 5.95. The zero-order valence-electron chi connectivity index (χ0n) is 12.9. The minimum Gasteiger partial charge on any atom is -0.469 e. The lowest BCUT2D eigenvalue weighted by Crippen LogP contribution is -2.40. The zero-order chi connectivity index (χ0) is 15.7. The molecular formula is C16H23NO4. The predicted molar refractivity (Wildman–Crippen MR) is 79.6 cm³/mol. The highest BCUT2D eigenvalue weighted by Gasteiger charge is 2.20. The minimum atomic E-state index is -0.539. The first-order chi connectivity index (χ1) is 10.1. The lowest BCUT2D eigenvalue weighted by atomic mass is 10.2. The fourth-order valence-electron chi connectivity index (χ4n) is 1.88. The van der Waals surface area contributed by atoms with Gasteiger partial charge in [-0.2, -0.15) is 0 Å². The van der Waals surface area contributed by atoms with Crippen molar-refractivity contribution in [1.29, 1.82) is 0 Å². The Morgan fingerprint density at radius 1 is 1.24 bits per heavy atom. The molecule has 1 unspecified atom stereocenters. The molecule has 1 aromatic carbocycles. The molecular weight excluding hydrogens is 270 g/mol. The van der Waals surface area contributed by atoms with Crippen LogP contribution in [0, 0.1) is 0 Å². The molecule has 5 heteroatoms. The molecule has 0 spiro atoms. The van der Waals surface area contributed by atoms with Gasteiger partial charge in [0.1, 0.15) is 6.10 Å². The quantitative estimate of drug-likeness (QED) is 0.688. The largest absolute Gasteiger partial charge is 0.469 e. The average molecular weight is 293 g/mol. The number of carbonyl (C=O) groups is 2. The van der Waals surface area contributed by atoms with Gasteiger partial charge >= 0.3 is 5.97 Å². The molecule has 1 aromatic rings. The standard InChI is InChI=1S/C16H23NO4/c1-4-17(11-10-15(18)20-3)16(19)13(2)21-12-14-8-6-5-7-9-14/h5-9,13H,4,10-12H2,1-3H3. The summed E-state index contributed by atoms with van der Waals surface area (Å²) in [5.74, 6) is -0.434. The van der Waals surface area contributed by atoms with E-state index in [0.29, 0.717) is 19.7 Å². The third-order valence-electron chi connectivity index (χ3n) is 3.20. The minimum absolute atomic E-state index is 0.114. The van der Waals surface area contributed by atoms with Crippen LogP contribution >= 0.6 is 0 Å². The number of likely N-dealkylation sites (N-methyl/N-ethyl adjacent to an activating group) is 1. The lowest BCUT2D eigenvalue weighted by Gasteiger charge is -2.24. The Hall–Kier alpha value is -1.88. The number of methoxy groups -OCH3 is 1. The number of rotatable bonds is 8. The van der Waals surface area contributed by atoms with Crippen molar-refractivity contribution < 1.29 is 19.1 Å². The number of amides is 1. The maximum Gasteiger partial charge on any atom is 0.307 e. The van der Waals surface area contributed by atoms with Crippen LogP contribution in [0.25, 0.3) is 0 Å². The van der Waals surface area contributed by atoms with Gasteiger partial charge in [-0.1, -0.05) is 30.3 Å². The molecule has 0 radical (unpaired) electrons. The summed E-state index contributed by atoms with van der Waals surface area (Å²) in [6.07, 6.45) is -0.343. The van der Waals surface area contributed by atoms with Crippen LogP contribution in [0.15, 0.2) is 30.3 Å². The fraction of sp³-hybridized carbons (Fsp3) is 0.500. The summed E-state index contributed by atoms with van der Waals surface area (Å²) in [5.41, 5.74) is 1.02. The van der Waals surface area contributed by atoms with E-state index in [2.05, 4.69) is 4.74 Å². The van der Waals surface area contributed by atoms with E-state index < -0.39 is 6.10 Å². The zero-order valence-corrected chi connectivity index (χ0v) is 12.9. The molecule has 1 rings (SSSR count). The van der Waals surface area contributed by atoms with E-state index in [1.165, 1.54) is 7.11 Å². The summed E-state index contributed by atoms with van der Waals surface area (Å²) in [7, 11) is 1.34. The molecule has 0 fully saturated rings. The van der Waals surface area contributed by atoms with Crippen molar-refractivity contribution in [1.82, 2.24) is 4.90 Å². The predicted octanol–water partition coefficient (Wildman–Crippen LogP) is 2.00. The maximum atomic E-state index is 12.2. The number of carbonyl (C=O) groups excluding carboxylic acids is 2. The smallest absolute Gasteiger partial charge is 0.307 e. The van der Waals surface area contributed by atoms with E-state index in [0.717, 1.165) is 5.56 Å². The number of benzene rings is 1. The van der Waals surface area contributed by atoms with Gasteiger partial charge in [0.2, 0.25) is 0 Å². The summed E-state index contributed by atoms with van der Waals surface area (Å²) in [5, 5.41) is 0. The van der Waals surface area contributed by atoms with Gasteiger partial charge in [0.05, 0.1) is 20.1 Å². The molecule has 0 aromatic heterocycles. The van der Waals surface area contributed by atoms with Crippen molar-refractivity contribution in [3.63, 3.8) is 0 Å². The molecule has 1 atom stereocenters. The Labute approximate surface area is 125 Å². The normalized spacial score (nSPS) is 11.8. The first-order valence-corrected chi connectivity index (χ1v) is 7.09. The molecule has 1 amide bonds. The summed E-state index contributed by atoms with van der Waals surface area (Å²) >= 11 is 0. The van der Waals surface area contributed by atoms with Crippen LogP contribution in [0.2, 0.25) is 0 Å². The fourth-order valence-corrected chi connectivity index (χ4v) is 1.88. The van der Waals surface area contributed by atoms with Crippen LogP contribution in [0.4, 0.5) is 0 Å². The molecule has 0 aliphatic rings. The highest BCUT2D eigenvalue weighted by atomic mass is 16.5. The topological polar surface area (TPSA) is 55.8 Å². The first kappa shape index (κ1) is 17.2. The SMILES string of the molecule is CCN(CCC(=O)OC)C(=O)C(C)OCc1ccccc1. The highest BCUT2D eigenvalue weighted by molar-refractivity contribution is 5.81. The Morgan fingerprint density at radius 2 is 1.90 bits per heavy atom. The Morgan fingerprint density at radius 3 is 2.48 bits per heavy atom. The van der Waals surface area contributed by atoms with Crippen LogP contribution in [0.5, 0.6) is 0 Å². The molecule has 0 bridgehead atoms. The van der Waals surface area contributed by atoms with Crippen LogP contribution in [-0.2, 0) is 25.7 Å². The van der Waals surface area contributed by atoms with Gasteiger partial charge in [-0.05, 0) is 19.4 Å². The van der Waals surface area contributed by atoms with Gasteiger partial charge in [0.25, 0.3) is 5.91 Å². The van der Waals surface area contributed by atoms with Gasteiger partial charge in [-0.3, -0.25) is 9.59 Å². The van der Waals surface area contributed by atoms with Crippen molar-refractivity contribution in [2.75, 3.05) is 20.2 Å². The average Bonchev–Trinajstić information content (AvgIpc) is 2.53. The van der Waals surface area contributed by atoms with E-state index >= 15 is 0 Å². The van der Waals surface area contributed by atoms with E-state index in [1.807, 2.05) is 37.3 Å². The number of ether oxygens (including phenoxy) is 2. The van der Waals surface area contributed by atoms with Gasteiger partial charge in [-0.25, -0.2) is 0 Å². The van der Waals surface area contributed by atoms with Gasteiger partial charge < -0.3 is 14.4 Å². The summed E-state index contributed by atoms with van der Waals surface area (Å²) < 4.78 is 10.2. The summed E-state index contributed by atoms with van der Waals surface area (Å²) in [6, 6.07) is 9.70. The van der Waals surface area contributed by atoms with Gasteiger partial charge in [0.15, 0.2) is 0 Å². The molecule has 116 valence electrons. The van der Waals surface area contributed by atoms with Crippen molar-refractivity contribution in [3.8, 4) is 0 Å². The Bertz CT molecular complexity index is 447. The van der Waals surface area contributed by atoms with Crippen LogP contribution in [0.3, 0.4) is 0 Å². The first-order valence-electron chi connectivity index (χ1n) is 7.09. The van der Waals surface area contributed by atoms with Crippen molar-refractivity contribution in [2.24, 2.45) is 0 Å². The number of nitrogens with zero attached hydrogens (tertiary/aromatic N) is 1. The summed E-state index contributed by atoms with van der Waals surface area (Å²) in [4.78, 5) is 25.0. The van der Waals surface area contributed by atoms with E-state index in [1.54, 1.807) is 11.8 Å². The van der Waals surface area contributed by atoms with Crippen LogP contribution < -0.4 is 0 Å². The molecule has 0 aliphatic heterocycles. The highest BCUT2D eigenvalue weighted by Crippen LogP contribution is 2.06. The van der Waals surface area contributed by atoms with E-state index in [-0.39, 0.29) is 18.3 Å². The number of hydrogen-bond donors (Lipinski definition) is 0. The maximum absolute atomic E-state index is 12.2. The molecule has 0 saturated carbocycles. The van der Waals surface area contributed by atoms with Crippen LogP contribution in [0.1, 0.15) is 25.8 Å². The van der Waals surface area contributed by atoms with E-state index in [9.17, 15) is 9.59 Å². The lowest BCUT2D eigenvalue weighted by molar-refractivity contribution is -0.145. The second-order valence-electron chi connectivity index (χ2n) is 4.68. The molecule has 0 N–H and O–H groups in total. The summed E-state index contributed by atoms with van der Waals surface area (Å²) in [6.45, 7) is 4.88. The molecule has 0 aliphatic carbocycles. The molecule has 21 heavy (non-hydrogen) atoms. The molecule has 0 heterocycles. The van der Waals surface area contributed by atoms with Gasteiger partial charge in [0, 0.05) is 13.1 Å². The Balaban J connectivity index is 2.45. The Kier molecular flexibility index (Phi) is 7.46. The number of esters is 1. The van der Waals surface area contributed by atoms with Crippen molar-refractivity contribution >= 4 is 11.9 Å². The molecule has 0 saturated heterocycles. The molecule has 5 nitrogen and oxygen atoms in total. The van der Waals surface area contributed by atoms with E-state index in [4.69, 9.17) is 4.74 Å². The van der Waals surface area contributed by atoms with Crippen LogP contribution in [-0.4, -0.2) is 43.1 Å².